The second-order valence-corrected chi connectivity index (χ2v) is 19.9. The number of aliphatic hydroxyl groups is 1. The normalized spacial score (nSPS) is 12.2. The molecule has 0 aliphatic rings. The fourth-order valence-corrected chi connectivity index (χ4v) is 13.7. The molecule has 0 saturated heterocycles. The Morgan fingerprint density at radius 3 is 1.91 bits per heavy atom. The molecule has 324 valence electrons. The molecule has 0 aliphatic heterocycles. The van der Waals surface area contributed by atoms with E-state index in [-0.39, 0.29) is 32.6 Å². The Morgan fingerprint density at radius 1 is 0.688 bits per heavy atom. The minimum Gasteiger partial charge on any atom is -0.512 e. The van der Waals surface area contributed by atoms with Crippen LogP contribution in [0.5, 0.6) is 0 Å². The van der Waals surface area contributed by atoms with Gasteiger partial charge in [-0.2, -0.15) is 0 Å². The first kappa shape index (κ1) is 47.2. The van der Waals surface area contributed by atoms with E-state index in [4.69, 9.17) is 0 Å². The van der Waals surface area contributed by atoms with Gasteiger partial charge >= 0.3 is 0 Å². The van der Waals surface area contributed by atoms with Gasteiger partial charge in [0.05, 0.1) is 5.76 Å². The van der Waals surface area contributed by atoms with Crippen LogP contribution in [0.2, 0.25) is 0 Å². The molecule has 0 saturated carbocycles. The van der Waals surface area contributed by atoms with Crippen molar-refractivity contribution in [2.45, 2.75) is 58.3 Å². The van der Waals surface area contributed by atoms with Crippen LogP contribution >= 0.6 is 0 Å². The summed E-state index contributed by atoms with van der Waals surface area (Å²) >= 11 is 0. The molecule has 2 heterocycles. The molecule has 0 fully saturated rings. The molecule has 2 aromatic heterocycles. The average Bonchev–Trinajstić information content (AvgIpc) is 3.35. The van der Waals surface area contributed by atoms with Gasteiger partial charge in [0.1, 0.15) is 0 Å². The number of rotatable bonds is 15. The van der Waals surface area contributed by atoms with Crippen molar-refractivity contribution in [3.63, 3.8) is 0 Å². The number of carbonyl (C=O) groups is 1. The van der Waals surface area contributed by atoms with E-state index in [1.165, 1.54) is 50.4 Å². The van der Waals surface area contributed by atoms with E-state index < -0.39 is 8.07 Å². The van der Waals surface area contributed by atoms with Gasteiger partial charge in [0.15, 0.2) is 13.9 Å². The second kappa shape index (κ2) is 23.4. The van der Waals surface area contributed by atoms with Crippen LogP contribution in [-0.2, 0) is 32.3 Å². The predicted octanol–water partition coefficient (Wildman–Crippen LogP) is 11.3. The fraction of sp³-hybridized carbons (Fsp3) is 0.155. The van der Waals surface area contributed by atoms with Gasteiger partial charge in [-0.1, -0.05) is 166 Å². The van der Waals surface area contributed by atoms with E-state index in [2.05, 4.69) is 169 Å². The molecule has 0 aliphatic carbocycles. The number of ketones is 1. The number of carbonyl (C=O) groups excluding carboxylic acids is 1. The summed E-state index contributed by atoms with van der Waals surface area (Å²) in [5.74, 6) is 0.825. The molecular formula is C58H55N2O2PtSi-. The summed E-state index contributed by atoms with van der Waals surface area (Å²) in [6.45, 7) is 6.16. The molecule has 8 rings (SSSR count). The van der Waals surface area contributed by atoms with Crippen LogP contribution in [0.3, 0.4) is 0 Å². The van der Waals surface area contributed by atoms with Crippen LogP contribution < -0.4 is 20.7 Å². The van der Waals surface area contributed by atoms with Crippen LogP contribution in [0, 0.1) is 6.07 Å². The van der Waals surface area contributed by atoms with E-state index in [1.54, 1.807) is 6.20 Å². The van der Waals surface area contributed by atoms with E-state index in [1.807, 2.05) is 60.9 Å². The number of hydrogen-bond acceptors (Lipinski definition) is 4. The molecule has 6 aromatic carbocycles. The van der Waals surface area contributed by atoms with Crippen LogP contribution in [0.1, 0.15) is 68.6 Å². The summed E-state index contributed by atoms with van der Waals surface area (Å²) in [5.41, 5.74) is 8.20. The zero-order chi connectivity index (χ0) is 43.9. The Hall–Kier alpha value is -6.26. The van der Waals surface area contributed by atoms with Crippen molar-refractivity contribution < 1.29 is 31.0 Å². The van der Waals surface area contributed by atoms with Crippen molar-refractivity contribution in [2.75, 3.05) is 0 Å². The van der Waals surface area contributed by atoms with Crippen molar-refractivity contribution in [3.8, 4) is 22.4 Å². The maximum absolute atomic E-state index is 12.0. The summed E-state index contributed by atoms with van der Waals surface area (Å²) in [4.78, 5) is 20.8. The van der Waals surface area contributed by atoms with Crippen molar-refractivity contribution in [2.24, 2.45) is 0 Å². The Bertz CT molecular complexity index is 2580. The molecule has 8 aromatic rings. The monoisotopic (exact) mass is 1030 g/mol. The average molecular weight is 1040 g/mol. The molecule has 2 unspecified atom stereocenters. The van der Waals surface area contributed by atoms with Crippen molar-refractivity contribution >= 4 is 34.6 Å². The summed E-state index contributed by atoms with van der Waals surface area (Å²) < 4.78 is 0. The van der Waals surface area contributed by atoms with Gasteiger partial charge in [-0.05, 0) is 104 Å². The van der Waals surface area contributed by atoms with Gasteiger partial charge in [-0.15, -0.1) is 35.9 Å². The van der Waals surface area contributed by atoms with Crippen molar-refractivity contribution in [1.29, 1.82) is 0 Å². The summed E-state index contributed by atoms with van der Waals surface area (Å²) in [5, 5.41) is 14.8. The van der Waals surface area contributed by atoms with Crippen LogP contribution in [0.25, 0.3) is 22.4 Å². The molecule has 1 N–H and O–H groups in total. The Morgan fingerprint density at radius 2 is 1.31 bits per heavy atom. The zero-order valence-electron chi connectivity index (χ0n) is 36.8. The van der Waals surface area contributed by atoms with E-state index >= 15 is 0 Å². The molecule has 2 atom stereocenters. The number of nitrogens with zero attached hydrogens (tertiary/aromatic N) is 2. The van der Waals surface area contributed by atoms with Crippen molar-refractivity contribution in [3.05, 3.63) is 241 Å². The Kier molecular flexibility index (Phi) is 17.3. The number of aryl methyl sites for hydroxylation is 1. The largest absolute Gasteiger partial charge is 0.512 e. The third-order valence-corrected chi connectivity index (χ3v) is 16.7. The summed E-state index contributed by atoms with van der Waals surface area (Å²) in [6, 6.07) is 70.5. The van der Waals surface area contributed by atoms with E-state index in [9.17, 15) is 9.90 Å². The van der Waals surface area contributed by atoms with Gasteiger partial charge in [0, 0.05) is 52.2 Å². The van der Waals surface area contributed by atoms with Crippen LogP contribution in [0.15, 0.2) is 218 Å². The van der Waals surface area contributed by atoms with Gasteiger partial charge in [-0.3, -0.25) is 9.78 Å². The van der Waals surface area contributed by atoms with Gasteiger partial charge in [0.2, 0.25) is 0 Å². The smallest absolute Gasteiger partial charge is 0.180 e. The van der Waals surface area contributed by atoms with Crippen LogP contribution in [-0.4, -0.2) is 28.9 Å². The third-order valence-electron chi connectivity index (χ3n) is 11.9. The number of allylic oxidation sites excluding steroid dienone is 2. The fourth-order valence-electron chi connectivity index (χ4n) is 8.69. The van der Waals surface area contributed by atoms with E-state index in [0.29, 0.717) is 24.7 Å². The molecule has 0 bridgehead atoms. The maximum Gasteiger partial charge on any atom is 0.180 e. The first-order valence-electron chi connectivity index (χ1n) is 21.9. The molecule has 0 radical (unpaired) electrons. The molecule has 0 amide bonds. The second-order valence-electron chi connectivity index (χ2n) is 16.1. The maximum atomic E-state index is 12.0. The number of benzene rings is 6. The Labute approximate surface area is 395 Å². The molecule has 4 nitrogen and oxygen atoms in total. The number of pyridine rings is 2. The third kappa shape index (κ3) is 11.6. The summed E-state index contributed by atoms with van der Waals surface area (Å²) in [6.07, 6.45) is 10.1. The molecular weight excluding hydrogens is 980 g/mol. The molecule has 6 heteroatoms. The number of aromatic nitrogens is 2. The SMILES string of the molecule is CCC(CC(C)c1ccc([Si](c2ccccc2)(c2ccccc2)c2ccccc2-c2cccnc2)cc1)c1ccc(CCC(=O)/C=C(/C)O)cc1.[Pt].[c-]1ccccc1-c1ccccn1. The molecule has 64 heavy (non-hydrogen) atoms. The standard InChI is InChI=1S/C47H47NO2Si.C11H8N.Pt/c1-4-38(40-24-21-37(22-25-40)23-28-42(50)33-36(3)49)32-35(2)39-26-29-45(30-27-39)51(43-15-7-5-8-16-43,44-17-9-6-10-18-44)47-20-12-11-19-46(47)41-14-13-31-48-34-41;1-2-6-10(7-3-1)11-8-4-5-9-12-11;/h5-22,24-27,29-31,33-35,38,49H,4,23,28,32H2,1-3H3;1-6,8-9H;/q;-1;/b36-33-;;. The predicted molar refractivity (Wildman–Crippen MR) is 264 cm³/mol. The minimum atomic E-state index is -2.77. The van der Waals surface area contributed by atoms with Gasteiger partial charge < -0.3 is 10.1 Å². The number of aliphatic hydroxyl groups excluding tert-OH is 1. The topological polar surface area (TPSA) is 63.1 Å². The Balaban J connectivity index is 0.000000449. The first-order valence-corrected chi connectivity index (χ1v) is 23.9. The van der Waals surface area contributed by atoms with E-state index in [0.717, 1.165) is 35.2 Å². The van der Waals surface area contributed by atoms with Gasteiger partial charge in [0.25, 0.3) is 0 Å². The zero-order valence-corrected chi connectivity index (χ0v) is 40.0. The quantitative estimate of drug-likeness (QED) is 0.0365. The van der Waals surface area contributed by atoms with Gasteiger partial charge in [-0.25, -0.2) is 0 Å². The first-order chi connectivity index (χ1) is 30.9. The van der Waals surface area contributed by atoms with Crippen molar-refractivity contribution in [1.82, 2.24) is 9.97 Å². The summed E-state index contributed by atoms with van der Waals surface area (Å²) in [7, 11) is -2.77. The minimum absolute atomic E-state index is 0. The number of hydrogen-bond donors (Lipinski definition) is 1. The molecule has 0 spiro atoms. The van der Waals surface area contributed by atoms with Crippen LogP contribution in [0.4, 0.5) is 0 Å².